The highest BCUT2D eigenvalue weighted by Crippen LogP contribution is 2.28. The minimum absolute atomic E-state index is 0.171. The van der Waals surface area contributed by atoms with Crippen molar-refractivity contribution in [3.63, 3.8) is 0 Å². The molecule has 0 aliphatic rings. The zero-order valence-electron chi connectivity index (χ0n) is 10.8. The molecule has 0 amide bonds. The lowest BCUT2D eigenvalue weighted by Crippen LogP contribution is -2.18. The number of hydrogen-bond donors (Lipinski definition) is 1. The molecular formula is C11H16N4O2S2. The molecule has 0 aromatic carbocycles. The topological polar surface area (TPSA) is 90.9 Å². The van der Waals surface area contributed by atoms with Crippen molar-refractivity contribution in [2.24, 2.45) is 5.14 Å². The number of nitrogens with two attached hydrogens (primary N) is 1. The fourth-order valence-electron chi connectivity index (χ4n) is 1.79. The molecule has 0 bridgehead atoms. The first-order valence-electron chi connectivity index (χ1n) is 6.02. The first-order valence-corrected chi connectivity index (χ1v) is 8.38. The molecule has 0 saturated carbocycles. The molecule has 0 saturated heterocycles. The highest BCUT2D eigenvalue weighted by Gasteiger charge is 2.22. The monoisotopic (exact) mass is 300 g/mol. The molecule has 0 atom stereocenters. The Balaban J connectivity index is 2.54. The normalized spacial score (nSPS) is 11.9. The molecule has 0 spiro atoms. The lowest BCUT2D eigenvalue weighted by atomic mass is 10.3. The van der Waals surface area contributed by atoms with Gasteiger partial charge in [-0.3, -0.25) is 4.57 Å². The molecule has 19 heavy (non-hydrogen) atoms. The molecule has 104 valence electrons. The predicted octanol–water partition coefficient (Wildman–Crippen LogP) is 1.63. The predicted molar refractivity (Wildman–Crippen MR) is 74.4 cm³/mol. The Labute approximate surface area is 116 Å². The van der Waals surface area contributed by atoms with Crippen LogP contribution in [-0.4, -0.2) is 23.2 Å². The molecule has 6 nitrogen and oxygen atoms in total. The van der Waals surface area contributed by atoms with Crippen LogP contribution in [0.1, 0.15) is 25.1 Å². The van der Waals surface area contributed by atoms with Gasteiger partial charge in [0.05, 0.1) is 4.88 Å². The van der Waals surface area contributed by atoms with E-state index in [2.05, 4.69) is 17.1 Å². The maximum atomic E-state index is 11.5. The molecule has 2 aromatic rings. The van der Waals surface area contributed by atoms with E-state index in [1.54, 1.807) is 15.9 Å². The first kappa shape index (κ1) is 14.2. The number of hydrogen-bond acceptors (Lipinski definition) is 5. The smallest absolute Gasteiger partial charge is 0.273 e. The lowest BCUT2D eigenvalue weighted by molar-refractivity contribution is 0.560. The van der Waals surface area contributed by atoms with E-state index in [1.807, 2.05) is 19.1 Å². The van der Waals surface area contributed by atoms with Crippen LogP contribution in [0.5, 0.6) is 0 Å². The van der Waals surface area contributed by atoms with Crippen molar-refractivity contribution in [2.45, 2.75) is 38.4 Å². The largest absolute Gasteiger partial charge is 0.296 e. The van der Waals surface area contributed by atoms with Crippen molar-refractivity contribution in [3.8, 4) is 10.7 Å². The fraction of sp³-hybridized carbons (Fsp3) is 0.455. The van der Waals surface area contributed by atoms with Crippen molar-refractivity contribution < 1.29 is 8.42 Å². The van der Waals surface area contributed by atoms with Gasteiger partial charge in [-0.1, -0.05) is 13.8 Å². The van der Waals surface area contributed by atoms with Gasteiger partial charge in [0.1, 0.15) is 0 Å². The third-order valence-corrected chi connectivity index (χ3v) is 4.69. The summed E-state index contributed by atoms with van der Waals surface area (Å²) >= 11 is 1.59. The van der Waals surface area contributed by atoms with Gasteiger partial charge < -0.3 is 0 Å². The van der Waals surface area contributed by atoms with Crippen LogP contribution in [0.15, 0.2) is 17.3 Å². The maximum Gasteiger partial charge on any atom is 0.273 e. The van der Waals surface area contributed by atoms with Crippen LogP contribution >= 0.6 is 11.3 Å². The minimum Gasteiger partial charge on any atom is -0.296 e. The summed E-state index contributed by atoms with van der Waals surface area (Å²) in [7, 11) is -3.85. The molecule has 2 heterocycles. The van der Waals surface area contributed by atoms with E-state index < -0.39 is 10.0 Å². The standard InChI is InChI=1S/C11H16N4O2S2/c1-3-7-15-10(9-6-5-8(4-2)18-9)13-14-11(15)19(12,16)17/h5-6H,3-4,7H2,1-2H3,(H2,12,16,17). The van der Waals surface area contributed by atoms with Crippen LogP contribution in [0.2, 0.25) is 0 Å². The van der Waals surface area contributed by atoms with Gasteiger partial charge in [0.25, 0.3) is 15.2 Å². The Morgan fingerprint density at radius 3 is 2.58 bits per heavy atom. The van der Waals surface area contributed by atoms with Crippen LogP contribution in [0.25, 0.3) is 10.7 Å². The van der Waals surface area contributed by atoms with Crippen LogP contribution in [0, 0.1) is 0 Å². The fourth-order valence-corrected chi connectivity index (χ4v) is 3.38. The average Bonchev–Trinajstić information content (AvgIpc) is 2.93. The summed E-state index contributed by atoms with van der Waals surface area (Å²) in [5.41, 5.74) is 0. The SMILES string of the molecule is CCCn1c(-c2ccc(CC)s2)nnc1S(N)(=O)=O. The van der Waals surface area contributed by atoms with Gasteiger partial charge in [0.2, 0.25) is 0 Å². The zero-order chi connectivity index (χ0) is 14.0. The molecule has 0 aliphatic heterocycles. The molecule has 2 aromatic heterocycles. The van der Waals surface area contributed by atoms with E-state index in [0.717, 1.165) is 17.7 Å². The lowest BCUT2D eigenvalue weighted by Gasteiger charge is -2.06. The zero-order valence-corrected chi connectivity index (χ0v) is 12.5. The van der Waals surface area contributed by atoms with Crippen LogP contribution in [-0.2, 0) is 23.0 Å². The highest BCUT2D eigenvalue weighted by molar-refractivity contribution is 7.89. The van der Waals surface area contributed by atoms with Gasteiger partial charge in [-0.05, 0) is 25.0 Å². The summed E-state index contributed by atoms with van der Waals surface area (Å²) in [6.45, 7) is 4.55. The second kappa shape index (κ2) is 5.40. The molecule has 0 unspecified atom stereocenters. The Hall–Kier alpha value is -1.25. The molecule has 8 heteroatoms. The number of thiophene rings is 1. The summed E-state index contributed by atoms with van der Waals surface area (Å²) in [6, 6.07) is 3.95. The van der Waals surface area contributed by atoms with Crippen molar-refractivity contribution in [3.05, 3.63) is 17.0 Å². The number of sulfonamides is 1. The third kappa shape index (κ3) is 2.85. The summed E-state index contributed by atoms with van der Waals surface area (Å²) in [6.07, 6.45) is 1.72. The Morgan fingerprint density at radius 1 is 1.32 bits per heavy atom. The van der Waals surface area contributed by atoms with Gasteiger partial charge in [-0.15, -0.1) is 21.5 Å². The van der Waals surface area contributed by atoms with E-state index in [-0.39, 0.29) is 5.16 Å². The van der Waals surface area contributed by atoms with E-state index in [1.165, 1.54) is 4.88 Å². The summed E-state index contributed by atoms with van der Waals surface area (Å²) in [5.74, 6) is 0.565. The molecule has 0 aliphatic carbocycles. The minimum atomic E-state index is -3.85. The quantitative estimate of drug-likeness (QED) is 0.908. The van der Waals surface area contributed by atoms with Crippen LogP contribution in [0.3, 0.4) is 0 Å². The highest BCUT2D eigenvalue weighted by atomic mass is 32.2. The van der Waals surface area contributed by atoms with Gasteiger partial charge >= 0.3 is 0 Å². The number of primary sulfonamides is 1. The number of aryl methyl sites for hydroxylation is 1. The van der Waals surface area contributed by atoms with Gasteiger partial charge in [-0.2, -0.15) is 0 Å². The molecule has 0 fully saturated rings. The van der Waals surface area contributed by atoms with Crippen LogP contribution < -0.4 is 5.14 Å². The van der Waals surface area contributed by atoms with Gasteiger partial charge in [0, 0.05) is 11.4 Å². The second-order valence-corrected chi connectivity index (χ2v) is 6.75. The van der Waals surface area contributed by atoms with Crippen molar-refractivity contribution in [1.29, 1.82) is 0 Å². The first-order chi connectivity index (χ1) is 8.97. The van der Waals surface area contributed by atoms with E-state index >= 15 is 0 Å². The van der Waals surface area contributed by atoms with Crippen LogP contribution in [0.4, 0.5) is 0 Å². The summed E-state index contributed by atoms with van der Waals surface area (Å²) in [4.78, 5) is 2.13. The number of aromatic nitrogens is 3. The number of nitrogens with zero attached hydrogens (tertiary/aromatic N) is 3. The van der Waals surface area contributed by atoms with E-state index in [0.29, 0.717) is 12.4 Å². The van der Waals surface area contributed by atoms with E-state index in [9.17, 15) is 8.42 Å². The molecule has 2 rings (SSSR count). The van der Waals surface area contributed by atoms with Crippen molar-refractivity contribution >= 4 is 21.4 Å². The summed E-state index contributed by atoms with van der Waals surface area (Å²) < 4.78 is 24.6. The van der Waals surface area contributed by atoms with Gasteiger partial charge in [0.15, 0.2) is 5.82 Å². The second-order valence-electron chi connectivity index (χ2n) is 4.12. The van der Waals surface area contributed by atoms with Gasteiger partial charge in [-0.25, -0.2) is 13.6 Å². The summed E-state index contributed by atoms with van der Waals surface area (Å²) in [5, 5.41) is 12.7. The third-order valence-electron chi connectivity index (χ3n) is 2.65. The Bertz CT molecular complexity index is 673. The molecule has 0 radical (unpaired) electrons. The maximum absolute atomic E-state index is 11.5. The average molecular weight is 300 g/mol. The molecule has 2 N–H and O–H groups in total. The Kier molecular flexibility index (Phi) is 4.02. The Morgan fingerprint density at radius 2 is 2.05 bits per heavy atom. The van der Waals surface area contributed by atoms with E-state index in [4.69, 9.17) is 5.14 Å². The van der Waals surface area contributed by atoms with Crippen molar-refractivity contribution in [2.75, 3.05) is 0 Å². The number of rotatable bonds is 5. The molecular weight excluding hydrogens is 284 g/mol. The van der Waals surface area contributed by atoms with Crippen molar-refractivity contribution in [1.82, 2.24) is 14.8 Å².